The van der Waals surface area contributed by atoms with Crippen LogP contribution in [-0.2, 0) is 23.9 Å². The summed E-state index contributed by atoms with van der Waals surface area (Å²) in [5.41, 5.74) is -0.0625. The molecule has 6 heteroatoms. The average Bonchev–Trinajstić information content (AvgIpc) is 2.41. The van der Waals surface area contributed by atoms with Crippen molar-refractivity contribution in [2.75, 3.05) is 6.61 Å². The molecule has 21 heavy (non-hydrogen) atoms. The minimum Gasteiger partial charge on any atom is -0.481 e. The Kier molecular flexibility index (Phi) is 9.58. The van der Waals surface area contributed by atoms with E-state index in [1.54, 1.807) is 6.92 Å². The summed E-state index contributed by atoms with van der Waals surface area (Å²) in [6.45, 7) is 8.70. The highest BCUT2D eigenvalue weighted by molar-refractivity contribution is 5.92. The van der Waals surface area contributed by atoms with Crippen LogP contribution in [0.3, 0.4) is 0 Å². The third-order valence-corrected chi connectivity index (χ3v) is 2.63. The lowest BCUT2D eigenvalue weighted by Crippen LogP contribution is -2.13. The molecule has 0 radical (unpaired) electrons. The summed E-state index contributed by atoms with van der Waals surface area (Å²) in [6.07, 6.45) is 3.57. The molecular formula is C15H22O6. The normalized spacial score (nSPS) is 11.3. The van der Waals surface area contributed by atoms with Crippen molar-refractivity contribution >= 4 is 17.9 Å². The predicted octanol–water partition coefficient (Wildman–Crippen LogP) is 2.24. The topological polar surface area (TPSA) is 89.9 Å². The quantitative estimate of drug-likeness (QED) is 0.357. The molecule has 0 aliphatic rings. The summed E-state index contributed by atoms with van der Waals surface area (Å²) in [5.74, 6) is -2.22. The van der Waals surface area contributed by atoms with Crippen molar-refractivity contribution in [1.29, 1.82) is 0 Å². The molecule has 118 valence electrons. The molecule has 0 amide bonds. The van der Waals surface area contributed by atoms with E-state index >= 15 is 0 Å². The van der Waals surface area contributed by atoms with Crippen molar-refractivity contribution in [2.45, 2.75) is 45.1 Å². The Balaban J connectivity index is 3.62. The standard InChI is InChI=1S/C15H22O6/c1-4-14(18)21-12(3)8-6-5-7-9-20-15(19)11(2)10-13(16)17/h4,12H,1-2,5-10H2,3H3,(H,16,17). The van der Waals surface area contributed by atoms with Crippen molar-refractivity contribution in [3.63, 3.8) is 0 Å². The SMILES string of the molecule is C=CC(=O)OC(C)CCCCCOC(=O)C(=C)CC(=O)O. The summed E-state index contributed by atoms with van der Waals surface area (Å²) in [7, 11) is 0. The Labute approximate surface area is 124 Å². The minimum absolute atomic E-state index is 0.0625. The van der Waals surface area contributed by atoms with Crippen molar-refractivity contribution in [3.8, 4) is 0 Å². The second kappa shape index (κ2) is 10.7. The second-order valence-corrected chi connectivity index (χ2v) is 4.61. The molecular weight excluding hydrogens is 276 g/mol. The van der Waals surface area contributed by atoms with E-state index in [0.29, 0.717) is 6.42 Å². The monoisotopic (exact) mass is 298 g/mol. The van der Waals surface area contributed by atoms with E-state index in [9.17, 15) is 14.4 Å². The number of hydrogen-bond acceptors (Lipinski definition) is 5. The molecule has 0 saturated carbocycles. The van der Waals surface area contributed by atoms with E-state index in [-0.39, 0.29) is 18.3 Å². The Hall–Kier alpha value is -2.11. The van der Waals surface area contributed by atoms with Gasteiger partial charge in [-0.15, -0.1) is 0 Å². The molecule has 0 bridgehead atoms. The number of carbonyl (C=O) groups excluding carboxylic acids is 2. The first-order valence-electron chi connectivity index (χ1n) is 6.76. The van der Waals surface area contributed by atoms with Crippen molar-refractivity contribution in [3.05, 3.63) is 24.8 Å². The van der Waals surface area contributed by atoms with E-state index in [2.05, 4.69) is 13.2 Å². The van der Waals surface area contributed by atoms with Gasteiger partial charge >= 0.3 is 17.9 Å². The van der Waals surface area contributed by atoms with E-state index in [1.807, 2.05) is 0 Å². The van der Waals surface area contributed by atoms with Crippen LogP contribution in [0.25, 0.3) is 0 Å². The van der Waals surface area contributed by atoms with Gasteiger partial charge in [0.25, 0.3) is 0 Å². The Morgan fingerprint density at radius 2 is 1.90 bits per heavy atom. The molecule has 0 aliphatic carbocycles. The molecule has 1 atom stereocenters. The number of esters is 2. The van der Waals surface area contributed by atoms with Gasteiger partial charge in [0.05, 0.1) is 19.1 Å². The Bertz CT molecular complexity index is 399. The fourth-order valence-electron chi connectivity index (χ4n) is 1.54. The number of carboxylic acids is 1. The van der Waals surface area contributed by atoms with Gasteiger partial charge in [-0.25, -0.2) is 9.59 Å². The summed E-state index contributed by atoms with van der Waals surface area (Å²) < 4.78 is 9.90. The van der Waals surface area contributed by atoms with E-state index in [0.717, 1.165) is 25.3 Å². The maximum Gasteiger partial charge on any atom is 0.333 e. The molecule has 0 saturated heterocycles. The maximum absolute atomic E-state index is 11.3. The molecule has 0 heterocycles. The highest BCUT2D eigenvalue weighted by atomic mass is 16.5. The largest absolute Gasteiger partial charge is 0.481 e. The first-order valence-corrected chi connectivity index (χ1v) is 6.76. The molecule has 0 rings (SSSR count). The predicted molar refractivity (Wildman–Crippen MR) is 76.6 cm³/mol. The van der Waals surface area contributed by atoms with Crippen LogP contribution in [0.2, 0.25) is 0 Å². The van der Waals surface area contributed by atoms with Gasteiger partial charge in [-0.2, -0.15) is 0 Å². The number of unbranched alkanes of at least 4 members (excludes halogenated alkanes) is 2. The number of carbonyl (C=O) groups is 3. The molecule has 0 aromatic heterocycles. The molecule has 0 aliphatic heterocycles. The average molecular weight is 298 g/mol. The van der Waals surface area contributed by atoms with Crippen molar-refractivity contribution in [1.82, 2.24) is 0 Å². The van der Waals surface area contributed by atoms with Crippen LogP contribution in [0.4, 0.5) is 0 Å². The first-order chi connectivity index (χ1) is 9.86. The lowest BCUT2D eigenvalue weighted by Gasteiger charge is -2.11. The van der Waals surface area contributed by atoms with Crippen LogP contribution in [0, 0.1) is 0 Å². The van der Waals surface area contributed by atoms with Gasteiger partial charge < -0.3 is 14.6 Å². The fourth-order valence-corrected chi connectivity index (χ4v) is 1.54. The molecule has 1 N–H and O–H groups in total. The molecule has 0 aromatic rings. The van der Waals surface area contributed by atoms with Gasteiger partial charge in [0, 0.05) is 11.6 Å². The third-order valence-electron chi connectivity index (χ3n) is 2.63. The summed E-state index contributed by atoms with van der Waals surface area (Å²) >= 11 is 0. The Morgan fingerprint density at radius 1 is 1.24 bits per heavy atom. The van der Waals surface area contributed by atoms with Crippen LogP contribution >= 0.6 is 0 Å². The highest BCUT2D eigenvalue weighted by Gasteiger charge is 2.12. The van der Waals surface area contributed by atoms with Gasteiger partial charge in [-0.05, 0) is 32.6 Å². The zero-order valence-corrected chi connectivity index (χ0v) is 12.3. The number of carboxylic acid groups (broad SMARTS) is 1. The van der Waals surface area contributed by atoms with Crippen molar-refractivity contribution < 1.29 is 29.0 Å². The van der Waals surface area contributed by atoms with Gasteiger partial charge in [0.1, 0.15) is 0 Å². The van der Waals surface area contributed by atoms with Crippen molar-refractivity contribution in [2.24, 2.45) is 0 Å². The van der Waals surface area contributed by atoms with Gasteiger partial charge in [-0.3, -0.25) is 4.79 Å². The van der Waals surface area contributed by atoms with Crippen LogP contribution in [0.15, 0.2) is 24.8 Å². The number of ether oxygens (including phenoxy) is 2. The van der Waals surface area contributed by atoms with Crippen LogP contribution in [0.5, 0.6) is 0 Å². The minimum atomic E-state index is -1.11. The molecule has 0 spiro atoms. The number of aliphatic carboxylic acids is 1. The maximum atomic E-state index is 11.3. The second-order valence-electron chi connectivity index (χ2n) is 4.61. The third kappa shape index (κ3) is 10.4. The van der Waals surface area contributed by atoms with E-state index in [4.69, 9.17) is 14.6 Å². The van der Waals surface area contributed by atoms with Gasteiger partial charge in [0.15, 0.2) is 0 Å². The summed E-state index contributed by atoms with van der Waals surface area (Å²) in [6, 6.07) is 0. The van der Waals surface area contributed by atoms with E-state index < -0.39 is 24.3 Å². The van der Waals surface area contributed by atoms with E-state index in [1.165, 1.54) is 0 Å². The smallest absolute Gasteiger partial charge is 0.333 e. The first kappa shape index (κ1) is 18.9. The lowest BCUT2D eigenvalue weighted by atomic mass is 10.1. The highest BCUT2D eigenvalue weighted by Crippen LogP contribution is 2.08. The zero-order valence-electron chi connectivity index (χ0n) is 12.3. The molecule has 6 nitrogen and oxygen atoms in total. The molecule has 0 fully saturated rings. The zero-order chi connectivity index (χ0) is 16.3. The van der Waals surface area contributed by atoms with Gasteiger partial charge in [0.2, 0.25) is 0 Å². The molecule has 1 unspecified atom stereocenters. The fraction of sp³-hybridized carbons (Fsp3) is 0.533. The van der Waals surface area contributed by atoms with Crippen LogP contribution in [0.1, 0.15) is 39.0 Å². The molecule has 0 aromatic carbocycles. The van der Waals surface area contributed by atoms with Crippen LogP contribution < -0.4 is 0 Å². The summed E-state index contributed by atoms with van der Waals surface area (Å²) in [5, 5.41) is 8.50. The Morgan fingerprint density at radius 3 is 2.48 bits per heavy atom. The summed E-state index contributed by atoms with van der Waals surface area (Å²) in [4.78, 5) is 32.6. The van der Waals surface area contributed by atoms with Gasteiger partial charge in [-0.1, -0.05) is 13.2 Å². The number of rotatable bonds is 11. The van der Waals surface area contributed by atoms with Crippen LogP contribution in [-0.4, -0.2) is 35.7 Å². The number of hydrogen-bond donors (Lipinski definition) is 1. The lowest BCUT2D eigenvalue weighted by molar-refractivity contribution is -0.143.